The van der Waals surface area contributed by atoms with E-state index in [0.29, 0.717) is 5.56 Å². The van der Waals surface area contributed by atoms with Gasteiger partial charge < -0.3 is 10.0 Å². The van der Waals surface area contributed by atoms with Gasteiger partial charge in [0.25, 0.3) is 0 Å². The number of aromatic carboxylic acids is 1. The van der Waals surface area contributed by atoms with Crippen LogP contribution in [0.5, 0.6) is 0 Å². The largest absolute Gasteiger partial charge is 0.478 e. The number of alkyl halides is 1. The van der Waals surface area contributed by atoms with Crippen molar-refractivity contribution in [2.24, 2.45) is 0 Å². The highest BCUT2D eigenvalue weighted by molar-refractivity contribution is 6.20. The molecule has 0 aromatic heterocycles. The Hall–Kier alpha value is -0.970. The molecule has 1 heterocycles. The summed E-state index contributed by atoms with van der Waals surface area (Å²) in [6, 6.07) is 6.86. The number of hydrogen-bond acceptors (Lipinski definition) is 3. The zero-order valence-corrected chi connectivity index (χ0v) is 10.7. The van der Waals surface area contributed by atoms with E-state index in [1.807, 2.05) is 12.1 Å². The molecule has 1 unspecified atom stereocenters. The maximum Gasteiger partial charge on any atom is 0.335 e. The number of anilines is 1. The standard InChI is InChI=1S/C11H13ClN2O2.ClH/c12-10-7-14(6-5-13-10)9-3-1-8(2-4-9)11(15)16;/h1-4,10,13H,5-7H2,(H,15,16);1H. The second kappa shape index (κ2) is 6.10. The number of piperazine rings is 1. The normalized spacial score (nSPS) is 19.6. The third kappa shape index (κ3) is 3.49. The minimum Gasteiger partial charge on any atom is -0.478 e. The summed E-state index contributed by atoms with van der Waals surface area (Å²) in [7, 11) is 0. The molecule has 1 saturated heterocycles. The van der Waals surface area contributed by atoms with Crippen LogP contribution in [-0.4, -0.2) is 36.2 Å². The van der Waals surface area contributed by atoms with Gasteiger partial charge in [0, 0.05) is 25.3 Å². The summed E-state index contributed by atoms with van der Waals surface area (Å²) in [6.45, 7) is 2.46. The Bertz CT molecular complexity index is 384. The molecular weight excluding hydrogens is 263 g/mol. The molecule has 1 aromatic carbocycles. The van der Waals surface area contributed by atoms with E-state index in [1.165, 1.54) is 0 Å². The molecule has 0 spiro atoms. The van der Waals surface area contributed by atoms with Crippen LogP contribution < -0.4 is 10.2 Å². The first-order chi connectivity index (χ1) is 7.66. The van der Waals surface area contributed by atoms with E-state index in [9.17, 15) is 4.79 Å². The summed E-state index contributed by atoms with van der Waals surface area (Å²) in [4.78, 5) is 12.8. The van der Waals surface area contributed by atoms with E-state index in [-0.39, 0.29) is 17.9 Å². The van der Waals surface area contributed by atoms with Crippen molar-refractivity contribution in [3.05, 3.63) is 29.8 Å². The predicted octanol–water partition coefficient (Wildman–Crippen LogP) is 1.78. The average Bonchev–Trinajstić information content (AvgIpc) is 2.29. The van der Waals surface area contributed by atoms with Gasteiger partial charge in [-0.15, -0.1) is 24.0 Å². The first-order valence-electron chi connectivity index (χ1n) is 5.12. The van der Waals surface area contributed by atoms with E-state index >= 15 is 0 Å². The summed E-state index contributed by atoms with van der Waals surface area (Å²) >= 11 is 6.00. The quantitative estimate of drug-likeness (QED) is 0.639. The minimum absolute atomic E-state index is 0. The van der Waals surface area contributed by atoms with Crippen LogP contribution in [0.15, 0.2) is 24.3 Å². The van der Waals surface area contributed by atoms with E-state index in [0.717, 1.165) is 25.3 Å². The molecule has 4 nitrogen and oxygen atoms in total. The monoisotopic (exact) mass is 276 g/mol. The van der Waals surface area contributed by atoms with Crippen molar-refractivity contribution in [2.45, 2.75) is 5.50 Å². The molecule has 1 aromatic rings. The van der Waals surface area contributed by atoms with Crippen molar-refractivity contribution in [1.29, 1.82) is 0 Å². The van der Waals surface area contributed by atoms with Crippen molar-refractivity contribution in [3.8, 4) is 0 Å². The molecule has 2 rings (SSSR count). The van der Waals surface area contributed by atoms with E-state index in [4.69, 9.17) is 16.7 Å². The van der Waals surface area contributed by atoms with E-state index in [1.54, 1.807) is 12.1 Å². The highest BCUT2D eigenvalue weighted by Gasteiger charge is 2.17. The highest BCUT2D eigenvalue weighted by Crippen LogP contribution is 2.17. The number of halogens is 2. The molecule has 94 valence electrons. The van der Waals surface area contributed by atoms with E-state index in [2.05, 4.69) is 10.2 Å². The molecule has 0 bridgehead atoms. The van der Waals surface area contributed by atoms with Crippen LogP contribution in [-0.2, 0) is 0 Å². The molecule has 0 radical (unpaired) electrons. The number of carboxylic acids is 1. The van der Waals surface area contributed by atoms with Crippen LogP contribution in [0.1, 0.15) is 10.4 Å². The van der Waals surface area contributed by atoms with Gasteiger partial charge >= 0.3 is 5.97 Å². The lowest BCUT2D eigenvalue weighted by molar-refractivity contribution is 0.0697. The van der Waals surface area contributed by atoms with Crippen LogP contribution in [0.2, 0.25) is 0 Å². The molecule has 2 N–H and O–H groups in total. The second-order valence-electron chi connectivity index (χ2n) is 3.72. The fraction of sp³-hybridized carbons (Fsp3) is 0.364. The summed E-state index contributed by atoms with van der Waals surface area (Å²) in [5, 5.41) is 11.9. The third-order valence-corrected chi connectivity index (χ3v) is 2.90. The van der Waals surface area contributed by atoms with Gasteiger partial charge in [-0.1, -0.05) is 0 Å². The lowest BCUT2D eigenvalue weighted by Crippen LogP contribution is -2.48. The number of carbonyl (C=O) groups is 1. The Labute approximate surface area is 111 Å². The summed E-state index contributed by atoms with van der Waals surface area (Å²) in [5.74, 6) is -0.901. The maximum atomic E-state index is 10.7. The first kappa shape index (κ1) is 14.1. The van der Waals surface area contributed by atoms with Gasteiger partial charge in [-0.05, 0) is 24.3 Å². The van der Waals surface area contributed by atoms with Crippen molar-refractivity contribution >= 4 is 35.7 Å². The fourth-order valence-corrected chi connectivity index (χ4v) is 2.03. The van der Waals surface area contributed by atoms with Crippen molar-refractivity contribution < 1.29 is 9.90 Å². The third-order valence-electron chi connectivity index (χ3n) is 2.61. The number of rotatable bonds is 2. The number of carboxylic acid groups (broad SMARTS) is 1. The Morgan fingerprint density at radius 2 is 2.06 bits per heavy atom. The van der Waals surface area contributed by atoms with Crippen LogP contribution in [0.25, 0.3) is 0 Å². The molecular formula is C11H14Cl2N2O2. The SMILES string of the molecule is Cl.O=C(O)c1ccc(N2CCNC(Cl)C2)cc1. The van der Waals surface area contributed by atoms with Crippen LogP contribution in [0.4, 0.5) is 5.69 Å². The van der Waals surface area contributed by atoms with Crippen LogP contribution in [0.3, 0.4) is 0 Å². The maximum absolute atomic E-state index is 10.7. The fourth-order valence-electron chi connectivity index (χ4n) is 1.75. The van der Waals surface area contributed by atoms with Gasteiger partial charge in [0.1, 0.15) is 5.50 Å². The zero-order chi connectivity index (χ0) is 11.5. The molecule has 17 heavy (non-hydrogen) atoms. The van der Waals surface area contributed by atoms with Gasteiger partial charge in [-0.25, -0.2) is 4.79 Å². The van der Waals surface area contributed by atoms with E-state index < -0.39 is 5.97 Å². The smallest absolute Gasteiger partial charge is 0.335 e. The lowest BCUT2D eigenvalue weighted by Gasteiger charge is -2.32. The predicted molar refractivity (Wildman–Crippen MR) is 70.5 cm³/mol. The lowest BCUT2D eigenvalue weighted by atomic mass is 10.2. The summed E-state index contributed by atoms with van der Waals surface area (Å²) in [6.07, 6.45) is 0. The topological polar surface area (TPSA) is 52.6 Å². The van der Waals surface area contributed by atoms with Gasteiger partial charge in [0.05, 0.1) is 5.56 Å². The van der Waals surface area contributed by atoms with Crippen molar-refractivity contribution in [2.75, 3.05) is 24.5 Å². The zero-order valence-electron chi connectivity index (χ0n) is 9.10. The summed E-state index contributed by atoms with van der Waals surface area (Å²) in [5.41, 5.74) is 1.27. The average molecular weight is 277 g/mol. The van der Waals surface area contributed by atoms with Crippen LogP contribution >= 0.6 is 24.0 Å². The van der Waals surface area contributed by atoms with Gasteiger partial charge in [-0.2, -0.15) is 0 Å². The Balaban J connectivity index is 0.00000144. The molecule has 0 saturated carbocycles. The van der Waals surface area contributed by atoms with Crippen LogP contribution in [0, 0.1) is 0 Å². The number of benzene rings is 1. The Morgan fingerprint density at radius 3 is 2.59 bits per heavy atom. The molecule has 1 atom stereocenters. The minimum atomic E-state index is -0.901. The molecule has 6 heteroatoms. The molecule has 1 fully saturated rings. The number of nitrogens with zero attached hydrogens (tertiary/aromatic N) is 1. The number of nitrogens with one attached hydrogen (secondary N) is 1. The Kier molecular flexibility index (Phi) is 5.05. The van der Waals surface area contributed by atoms with Crippen molar-refractivity contribution in [1.82, 2.24) is 5.32 Å². The molecule has 0 amide bonds. The van der Waals surface area contributed by atoms with Gasteiger partial charge in [0.2, 0.25) is 0 Å². The van der Waals surface area contributed by atoms with Gasteiger partial charge in [-0.3, -0.25) is 5.32 Å². The summed E-state index contributed by atoms with van der Waals surface area (Å²) < 4.78 is 0. The molecule has 1 aliphatic rings. The molecule has 0 aliphatic carbocycles. The second-order valence-corrected chi connectivity index (χ2v) is 4.25. The highest BCUT2D eigenvalue weighted by atomic mass is 35.5. The number of hydrogen-bond donors (Lipinski definition) is 2. The Morgan fingerprint density at radius 1 is 1.41 bits per heavy atom. The molecule has 1 aliphatic heterocycles. The van der Waals surface area contributed by atoms with Crippen molar-refractivity contribution in [3.63, 3.8) is 0 Å². The van der Waals surface area contributed by atoms with Gasteiger partial charge in [0.15, 0.2) is 0 Å². The first-order valence-corrected chi connectivity index (χ1v) is 5.56.